The summed E-state index contributed by atoms with van der Waals surface area (Å²) < 4.78 is 41.7. The van der Waals surface area contributed by atoms with E-state index >= 15 is 0 Å². The van der Waals surface area contributed by atoms with Crippen LogP contribution in [0.2, 0.25) is 5.15 Å². The number of halogens is 4. The van der Waals surface area contributed by atoms with Crippen molar-refractivity contribution >= 4 is 17.9 Å². The van der Waals surface area contributed by atoms with Crippen LogP contribution in [-0.4, -0.2) is 33.9 Å². The third kappa shape index (κ3) is 4.06. The molecule has 0 saturated heterocycles. The Balaban J connectivity index is 1.82. The van der Waals surface area contributed by atoms with Crippen LogP contribution in [0.5, 0.6) is 5.88 Å². The third-order valence-electron chi connectivity index (χ3n) is 4.59. The molecule has 27 heavy (non-hydrogen) atoms. The predicted molar refractivity (Wildman–Crippen MR) is 92.5 cm³/mol. The lowest BCUT2D eigenvalue weighted by molar-refractivity contribution is -0.154. The van der Waals surface area contributed by atoms with E-state index in [9.17, 15) is 18.0 Å². The summed E-state index contributed by atoms with van der Waals surface area (Å²) in [6, 6.07) is 2.79. The van der Waals surface area contributed by atoms with Crippen molar-refractivity contribution in [2.24, 2.45) is 0 Å². The standard InChI is InChI=1S/C18H17ClF3N3O2/c1-10-5-12(6-24-17(10)27-9-18(20,21)22)11(2)25-7-14-13(15(25)8-26)3-4-23-16(14)19/h3-6,8,11,15H,7,9H2,1-2H3. The first-order valence-corrected chi connectivity index (χ1v) is 8.59. The molecule has 2 unspecified atom stereocenters. The Labute approximate surface area is 159 Å². The highest BCUT2D eigenvalue weighted by Gasteiger charge is 2.35. The Morgan fingerprint density at radius 1 is 1.44 bits per heavy atom. The van der Waals surface area contributed by atoms with E-state index in [1.54, 1.807) is 25.3 Å². The molecule has 0 aromatic carbocycles. The van der Waals surface area contributed by atoms with E-state index in [2.05, 4.69) is 9.97 Å². The normalized spacial score (nSPS) is 18.2. The summed E-state index contributed by atoms with van der Waals surface area (Å²) in [6.07, 6.45) is -0.552. The van der Waals surface area contributed by atoms with E-state index in [1.807, 2.05) is 11.8 Å². The largest absolute Gasteiger partial charge is 0.468 e. The highest BCUT2D eigenvalue weighted by Crippen LogP contribution is 2.40. The first-order valence-electron chi connectivity index (χ1n) is 8.21. The van der Waals surface area contributed by atoms with Crippen LogP contribution in [0, 0.1) is 6.92 Å². The van der Waals surface area contributed by atoms with Crippen molar-refractivity contribution in [3.05, 3.63) is 51.9 Å². The smallest absolute Gasteiger partial charge is 0.422 e. The van der Waals surface area contributed by atoms with Crippen LogP contribution in [0.3, 0.4) is 0 Å². The van der Waals surface area contributed by atoms with Gasteiger partial charge in [-0.1, -0.05) is 11.6 Å². The van der Waals surface area contributed by atoms with Crippen LogP contribution in [-0.2, 0) is 11.3 Å². The quantitative estimate of drug-likeness (QED) is 0.557. The average molecular weight is 400 g/mol. The molecule has 0 bridgehead atoms. The van der Waals surface area contributed by atoms with E-state index < -0.39 is 18.8 Å². The molecule has 1 aliphatic heterocycles. The number of carbonyl (C=O) groups excluding carboxylic acids is 1. The zero-order valence-electron chi connectivity index (χ0n) is 14.6. The van der Waals surface area contributed by atoms with Gasteiger partial charge in [-0.15, -0.1) is 0 Å². The van der Waals surface area contributed by atoms with Crippen molar-refractivity contribution in [3.8, 4) is 5.88 Å². The fourth-order valence-corrected chi connectivity index (χ4v) is 3.43. The summed E-state index contributed by atoms with van der Waals surface area (Å²) in [5, 5.41) is 0.360. The number of aldehydes is 1. The van der Waals surface area contributed by atoms with Gasteiger partial charge in [0.1, 0.15) is 11.4 Å². The number of rotatable bonds is 5. The number of carbonyl (C=O) groups is 1. The lowest BCUT2D eigenvalue weighted by Gasteiger charge is -2.28. The lowest BCUT2D eigenvalue weighted by atomic mass is 10.0. The first kappa shape index (κ1) is 19.6. The zero-order chi connectivity index (χ0) is 19.8. The fraction of sp³-hybridized carbons (Fsp3) is 0.389. The molecule has 2 atom stereocenters. The Morgan fingerprint density at radius 2 is 2.19 bits per heavy atom. The second-order valence-corrected chi connectivity index (χ2v) is 6.75. The van der Waals surface area contributed by atoms with E-state index in [-0.39, 0.29) is 11.9 Å². The second kappa shape index (κ2) is 7.44. The molecule has 2 aromatic rings. The summed E-state index contributed by atoms with van der Waals surface area (Å²) in [4.78, 5) is 21.7. The van der Waals surface area contributed by atoms with Gasteiger partial charge in [-0.2, -0.15) is 13.2 Å². The molecule has 0 fully saturated rings. The first-order chi connectivity index (χ1) is 12.7. The molecule has 3 heterocycles. The van der Waals surface area contributed by atoms with Gasteiger partial charge in [0.05, 0.1) is 6.04 Å². The minimum Gasteiger partial charge on any atom is -0.468 e. The lowest BCUT2D eigenvalue weighted by Crippen LogP contribution is -2.27. The van der Waals surface area contributed by atoms with Crippen molar-refractivity contribution in [1.29, 1.82) is 0 Å². The Bertz CT molecular complexity index is 860. The summed E-state index contributed by atoms with van der Waals surface area (Å²) in [7, 11) is 0. The Kier molecular flexibility index (Phi) is 5.39. The Morgan fingerprint density at radius 3 is 2.81 bits per heavy atom. The molecule has 9 heteroatoms. The summed E-state index contributed by atoms with van der Waals surface area (Å²) in [5.41, 5.74) is 2.86. The molecule has 0 spiro atoms. The number of fused-ring (bicyclic) bond motifs is 1. The van der Waals surface area contributed by atoms with Crippen molar-refractivity contribution in [2.75, 3.05) is 6.61 Å². The van der Waals surface area contributed by atoms with Gasteiger partial charge in [0, 0.05) is 36.1 Å². The van der Waals surface area contributed by atoms with Gasteiger partial charge in [0.15, 0.2) is 6.61 Å². The molecule has 1 aliphatic rings. The second-order valence-electron chi connectivity index (χ2n) is 6.39. The third-order valence-corrected chi connectivity index (χ3v) is 4.91. The van der Waals surface area contributed by atoms with E-state index in [1.165, 1.54) is 6.20 Å². The highest BCUT2D eigenvalue weighted by atomic mass is 35.5. The SMILES string of the molecule is Cc1cc(C(C)N2Cc3c(ccnc3Cl)C2C=O)cnc1OCC(F)(F)F. The van der Waals surface area contributed by atoms with Gasteiger partial charge in [-0.25, -0.2) is 9.97 Å². The Hall–Kier alpha value is -2.19. The molecule has 3 rings (SSSR count). The minimum atomic E-state index is -4.42. The van der Waals surface area contributed by atoms with Crippen molar-refractivity contribution < 1.29 is 22.7 Å². The molecule has 0 N–H and O–H groups in total. The number of nitrogens with zero attached hydrogens (tertiary/aromatic N) is 3. The maximum Gasteiger partial charge on any atom is 0.422 e. The van der Waals surface area contributed by atoms with Crippen molar-refractivity contribution in [2.45, 2.75) is 38.7 Å². The van der Waals surface area contributed by atoms with Gasteiger partial charge in [-0.05, 0) is 37.1 Å². The monoisotopic (exact) mass is 399 g/mol. The van der Waals surface area contributed by atoms with Crippen molar-refractivity contribution in [1.82, 2.24) is 14.9 Å². The summed E-state index contributed by atoms with van der Waals surface area (Å²) >= 11 is 6.15. The van der Waals surface area contributed by atoms with Crippen LogP contribution >= 0.6 is 11.6 Å². The molecule has 5 nitrogen and oxygen atoms in total. The van der Waals surface area contributed by atoms with E-state index in [0.29, 0.717) is 17.3 Å². The van der Waals surface area contributed by atoms with E-state index in [0.717, 1.165) is 23.0 Å². The topological polar surface area (TPSA) is 55.3 Å². The van der Waals surface area contributed by atoms with Crippen LogP contribution < -0.4 is 4.74 Å². The zero-order valence-corrected chi connectivity index (χ0v) is 15.4. The molecule has 0 amide bonds. The fourth-order valence-electron chi connectivity index (χ4n) is 3.21. The molecular weight excluding hydrogens is 383 g/mol. The number of aryl methyl sites for hydroxylation is 1. The summed E-state index contributed by atoms with van der Waals surface area (Å²) in [5.74, 6) is -0.0628. The molecular formula is C18H17ClF3N3O2. The molecule has 144 valence electrons. The van der Waals surface area contributed by atoms with E-state index in [4.69, 9.17) is 16.3 Å². The van der Waals surface area contributed by atoms with Gasteiger partial charge >= 0.3 is 6.18 Å². The number of hydrogen-bond acceptors (Lipinski definition) is 5. The maximum atomic E-state index is 12.3. The number of ether oxygens (including phenoxy) is 1. The number of alkyl halides is 3. The average Bonchev–Trinajstić information content (AvgIpc) is 2.99. The van der Waals surface area contributed by atoms with Crippen LogP contribution in [0.15, 0.2) is 24.5 Å². The predicted octanol–water partition coefficient (Wildman–Crippen LogP) is 4.20. The number of aromatic nitrogens is 2. The molecule has 2 aromatic heterocycles. The number of pyridine rings is 2. The van der Waals surface area contributed by atoms with Gasteiger partial charge in [0.2, 0.25) is 5.88 Å². The van der Waals surface area contributed by atoms with Gasteiger partial charge < -0.3 is 9.53 Å². The van der Waals surface area contributed by atoms with Crippen LogP contribution in [0.4, 0.5) is 13.2 Å². The minimum absolute atomic E-state index is 0.0628. The maximum absolute atomic E-state index is 12.3. The van der Waals surface area contributed by atoms with Crippen molar-refractivity contribution in [3.63, 3.8) is 0 Å². The molecule has 0 radical (unpaired) electrons. The van der Waals surface area contributed by atoms with Gasteiger partial charge in [-0.3, -0.25) is 4.90 Å². The highest BCUT2D eigenvalue weighted by molar-refractivity contribution is 6.30. The van der Waals surface area contributed by atoms with Crippen LogP contribution in [0.25, 0.3) is 0 Å². The van der Waals surface area contributed by atoms with Crippen LogP contribution in [0.1, 0.15) is 41.3 Å². The summed E-state index contributed by atoms with van der Waals surface area (Å²) in [6.45, 7) is 2.58. The molecule has 0 saturated carbocycles. The number of hydrogen-bond donors (Lipinski definition) is 0. The van der Waals surface area contributed by atoms with Gasteiger partial charge in [0.25, 0.3) is 0 Å². The molecule has 0 aliphatic carbocycles.